The number of amides is 2. The van der Waals surface area contributed by atoms with Crippen molar-refractivity contribution in [1.82, 2.24) is 0 Å². The third-order valence-corrected chi connectivity index (χ3v) is 6.85. The summed E-state index contributed by atoms with van der Waals surface area (Å²) in [5.41, 5.74) is 1.56. The minimum atomic E-state index is 0.0364. The van der Waals surface area contributed by atoms with Gasteiger partial charge < -0.3 is 29.1 Å². The number of anilines is 2. The predicted molar refractivity (Wildman–Crippen MR) is 123 cm³/mol. The molecule has 2 amide bonds. The fourth-order valence-corrected chi connectivity index (χ4v) is 4.78. The van der Waals surface area contributed by atoms with E-state index in [1.807, 2.05) is 48.5 Å². The first kappa shape index (κ1) is 22.1. The number of ether oxygens (including phenoxy) is 2. The van der Waals surface area contributed by atoms with Gasteiger partial charge in [-0.05, 0) is 48.5 Å². The van der Waals surface area contributed by atoms with Gasteiger partial charge in [0.15, 0.2) is 13.1 Å². The van der Waals surface area contributed by atoms with Crippen LogP contribution in [0.5, 0.6) is 11.5 Å². The van der Waals surface area contributed by atoms with Crippen LogP contribution in [0.3, 0.4) is 0 Å². The van der Waals surface area contributed by atoms with E-state index >= 15 is 0 Å². The lowest BCUT2D eigenvalue weighted by Gasteiger charge is -2.54. The zero-order valence-corrected chi connectivity index (χ0v) is 18.8. The van der Waals surface area contributed by atoms with Crippen molar-refractivity contribution in [3.63, 3.8) is 0 Å². The summed E-state index contributed by atoms with van der Waals surface area (Å²) in [6, 6.07) is 14.8. The quantitative estimate of drug-likeness (QED) is 0.615. The third-order valence-electron chi connectivity index (χ3n) is 6.85. The van der Waals surface area contributed by atoms with E-state index < -0.39 is 0 Å². The molecule has 3 saturated heterocycles. The lowest BCUT2D eigenvalue weighted by Crippen LogP contribution is -2.76. The minimum Gasteiger partial charge on any atom is -0.497 e. The summed E-state index contributed by atoms with van der Waals surface area (Å²) in [7, 11) is 3.25. The molecule has 0 unspecified atom stereocenters. The zero-order chi connectivity index (χ0) is 22.6. The first-order valence-electron chi connectivity index (χ1n) is 11.0. The van der Waals surface area contributed by atoms with Crippen molar-refractivity contribution < 1.29 is 28.0 Å². The van der Waals surface area contributed by atoms with E-state index in [2.05, 4.69) is 10.6 Å². The Hall–Kier alpha value is -3.10. The van der Waals surface area contributed by atoms with Crippen LogP contribution in [0.15, 0.2) is 48.5 Å². The molecule has 3 aliphatic rings. The van der Waals surface area contributed by atoms with Gasteiger partial charge in [-0.15, -0.1) is 0 Å². The molecule has 3 heterocycles. The van der Waals surface area contributed by atoms with E-state index in [9.17, 15) is 9.59 Å². The zero-order valence-electron chi connectivity index (χ0n) is 18.8. The monoisotopic (exact) mass is 440 g/mol. The summed E-state index contributed by atoms with van der Waals surface area (Å²) < 4.78 is 11.9. The molecule has 0 radical (unpaired) electrons. The molecule has 0 atom stereocenters. The van der Waals surface area contributed by atoms with Gasteiger partial charge in [-0.1, -0.05) is 0 Å². The van der Waals surface area contributed by atoms with Gasteiger partial charge in [-0.2, -0.15) is 0 Å². The number of piperazine rings is 3. The highest BCUT2D eigenvalue weighted by atomic mass is 16.5. The lowest BCUT2D eigenvalue weighted by molar-refractivity contribution is -1.07. The van der Waals surface area contributed by atoms with Crippen LogP contribution in [0, 0.1) is 0 Å². The molecule has 0 spiro atoms. The van der Waals surface area contributed by atoms with Crippen molar-refractivity contribution >= 4 is 23.2 Å². The van der Waals surface area contributed by atoms with Crippen molar-refractivity contribution in [2.75, 3.05) is 77.2 Å². The SMILES string of the molecule is COc1ccc(NC(=O)C[N+]23CC[N+](CC(=O)Nc4ccc(OC)cc4)(CC2)CC3)cc1. The second kappa shape index (κ2) is 9.18. The lowest BCUT2D eigenvalue weighted by atomic mass is 10.1. The molecule has 2 bridgehead atoms. The molecule has 0 aromatic heterocycles. The first-order valence-corrected chi connectivity index (χ1v) is 11.0. The highest BCUT2D eigenvalue weighted by Gasteiger charge is 2.50. The Morgan fingerprint density at radius 1 is 0.656 bits per heavy atom. The number of nitrogens with one attached hydrogen (secondary N) is 2. The van der Waals surface area contributed by atoms with E-state index in [1.54, 1.807) is 14.2 Å². The second-order valence-corrected chi connectivity index (χ2v) is 8.89. The van der Waals surface area contributed by atoms with Crippen LogP contribution < -0.4 is 20.1 Å². The fourth-order valence-electron chi connectivity index (χ4n) is 4.78. The molecular formula is C24H32N4O4+2. The maximum Gasteiger partial charge on any atom is 0.279 e. The van der Waals surface area contributed by atoms with E-state index in [0.717, 1.165) is 71.1 Å². The smallest absolute Gasteiger partial charge is 0.279 e. The van der Waals surface area contributed by atoms with Crippen LogP contribution in [-0.2, 0) is 9.59 Å². The molecule has 0 aliphatic carbocycles. The number of benzene rings is 2. The Morgan fingerprint density at radius 3 is 1.25 bits per heavy atom. The number of carbonyl (C=O) groups is 2. The van der Waals surface area contributed by atoms with Crippen LogP contribution in [0.4, 0.5) is 11.4 Å². The average Bonchev–Trinajstić information content (AvgIpc) is 2.81. The number of hydrogen-bond acceptors (Lipinski definition) is 4. The number of methoxy groups -OCH3 is 2. The van der Waals surface area contributed by atoms with Gasteiger partial charge in [0.25, 0.3) is 11.8 Å². The van der Waals surface area contributed by atoms with Gasteiger partial charge >= 0.3 is 0 Å². The normalized spacial score (nSPS) is 23.9. The maximum absolute atomic E-state index is 12.7. The number of rotatable bonds is 8. The molecule has 2 N–H and O–H groups in total. The van der Waals surface area contributed by atoms with Gasteiger partial charge in [-0.25, -0.2) is 0 Å². The molecule has 2 aromatic carbocycles. The Kier molecular flexibility index (Phi) is 6.34. The summed E-state index contributed by atoms with van der Waals surface area (Å²) in [6.07, 6.45) is 0. The molecule has 3 aliphatic heterocycles. The van der Waals surface area contributed by atoms with Gasteiger partial charge in [0.2, 0.25) is 0 Å². The molecule has 32 heavy (non-hydrogen) atoms. The van der Waals surface area contributed by atoms with E-state index in [-0.39, 0.29) is 11.8 Å². The van der Waals surface area contributed by atoms with Crippen LogP contribution in [0.25, 0.3) is 0 Å². The number of quaternary nitrogens is 2. The number of hydrogen-bond donors (Lipinski definition) is 2. The molecule has 5 rings (SSSR count). The maximum atomic E-state index is 12.7. The Bertz CT molecular complexity index is 855. The Morgan fingerprint density at radius 2 is 0.969 bits per heavy atom. The van der Waals surface area contributed by atoms with Crippen LogP contribution >= 0.6 is 0 Å². The standard InChI is InChI=1S/C24H30N4O4/c1-31-21-7-3-19(4-8-21)25-23(29)17-27-11-14-28(15-12-27,16-13-27)18-24(30)26-20-5-9-22(32-2)10-6-20/h3-10H,11-18H2,1-2H3/p+2. The largest absolute Gasteiger partial charge is 0.497 e. The van der Waals surface area contributed by atoms with Crippen LogP contribution in [0.2, 0.25) is 0 Å². The van der Waals surface area contributed by atoms with Crippen molar-refractivity contribution in [2.45, 2.75) is 0 Å². The molecule has 170 valence electrons. The van der Waals surface area contributed by atoms with Crippen molar-refractivity contribution in [1.29, 1.82) is 0 Å². The summed E-state index contributed by atoms with van der Waals surface area (Å²) in [5, 5.41) is 6.01. The topological polar surface area (TPSA) is 76.7 Å². The first-order chi connectivity index (χ1) is 15.4. The van der Waals surface area contributed by atoms with Crippen LogP contribution in [-0.4, -0.2) is 87.4 Å². The summed E-state index contributed by atoms with van der Waals surface area (Å²) in [6.45, 7) is 6.49. The van der Waals surface area contributed by atoms with E-state index in [1.165, 1.54) is 0 Å². The average molecular weight is 441 g/mol. The fraction of sp³-hybridized carbons (Fsp3) is 0.417. The number of carbonyl (C=O) groups excluding carboxylic acids is 2. The second-order valence-electron chi connectivity index (χ2n) is 8.89. The van der Waals surface area contributed by atoms with Gasteiger partial charge in [-0.3, -0.25) is 9.59 Å². The van der Waals surface area contributed by atoms with E-state index in [0.29, 0.717) is 13.1 Å². The summed E-state index contributed by atoms with van der Waals surface area (Å²) in [4.78, 5) is 25.4. The third kappa shape index (κ3) is 5.03. The Labute approximate surface area is 188 Å². The molecule has 0 saturated carbocycles. The molecule has 8 heteroatoms. The minimum absolute atomic E-state index is 0.0364. The molecule has 8 nitrogen and oxygen atoms in total. The van der Waals surface area contributed by atoms with Crippen molar-refractivity contribution in [3.05, 3.63) is 48.5 Å². The van der Waals surface area contributed by atoms with Crippen molar-refractivity contribution in [2.24, 2.45) is 0 Å². The molecule has 3 fully saturated rings. The highest BCUT2D eigenvalue weighted by Crippen LogP contribution is 2.27. The highest BCUT2D eigenvalue weighted by molar-refractivity contribution is 5.92. The number of fused-ring (bicyclic) bond motifs is 3. The summed E-state index contributed by atoms with van der Waals surface area (Å²) in [5.74, 6) is 1.60. The molecular weight excluding hydrogens is 408 g/mol. The van der Waals surface area contributed by atoms with Gasteiger partial charge in [0.1, 0.15) is 50.8 Å². The van der Waals surface area contributed by atoms with Gasteiger partial charge in [0, 0.05) is 11.4 Å². The molecule has 2 aromatic rings. The van der Waals surface area contributed by atoms with E-state index in [4.69, 9.17) is 9.47 Å². The van der Waals surface area contributed by atoms with Gasteiger partial charge in [0.05, 0.1) is 14.2 Å². The van der Waals surface area contributed by atoms with Crippen LogP contribution in [0.1, 0.15) is 0 Å². The number of nitrogens with zero attached hydrogens (tertiary/aromatic N) is 2. The van der Waals surface area contributed by atoms with Crippen molar-refractivity contribution in [3.8, 4) is 11.5 Å². The predicted octanol–water partition coefficient (Wildman–Crippen LogP) is 1.94. The Balaban J connectivity index is 1.28. The summed E-state index contributed by atoms with van der Waals surface area (Å²) >= 11 is 0.